The number of anilines is 1. The summed E-state index contributed by atoms with van der Waals surface area (Å²) in [6.45, 7) is 5.30. The Morgan fingerprint density at radius 2 is 2.06 bits per heavy atom. The number of nitrogens with zero attached hydrogens (tertiary/aromatic N) is 3. The van der Waals surface area contributed by atoms with E-state index in [1.165, 1.54) is 6.20 Å². The van der Waals surface area contributed by atoms with Gasteiger partial charge in [-0.05, 0) is 44.2 Å². The van der Waals surface area contributed by atoms with E-state index in [1.807, 2.05) is 9.80 Å². The number of hydrogen-bond acceptors (Lipinski definition) is 6. The summed E-state index contributed by atoms with van der Waals surface area (Å²) in [6.07, 6.45) is 1.08. The molecule has 0 bridgehead atoms. The van der Waals surface area contributed by atoms with Gasteiger partial charge in [-0.15, -0.1) is 0 Å². The summed E-state index contributed by atoms with van der Waals surface area (Å²) >= 11 is 0. The van der Waals surface area contributed by atoms with Gasteiger partial charge in [0, 0.05) is 58.2 Å². The van der Waals surface area contributed by atoms with Crippen LogP contribution in [0.25, 0.3) is 0 Å². The predicted octanol–water partition coefficient (Wildman–Crippen LogP) is 3.09. The van der Waals surface area contributed by atoms with E-state index in [9.17, 15) is 18.0 Å². The van der Waals surface area contributed by atoms with E-state index in [0.29, 0.717) is 45.2 Å². The minimum atomic E-state index is -4.40. The van der Waals surface area contributed by atoms with E-state index in [0.717, 1.165) is 44.2 Å². The van der Waals surface area contributed by atoms with Crippen LogP contribution in [0.5, 0.6) is 0 Å². The minimum Gasteiger partial charge on any atom is -0.379 e. The molecule has 3 aliphatic rings. The number of carbonyl (C=O) groups is 1. The Morgan fingerprint density at radius 1 is 1.29 bits per heavy atom. The number of amides is 1. The molecule has 1 aromatic heterocycles. The number of alkyl halides is 3. The van der Waals surface area contributed by atoms with E-state index >= 15 is 0 Å². The molecule has 4 atom stereocenters. The first-order chi connectivity index (χ1) is 16.3. The van der Waals surface area contributed by atoms with Gasteiger partial charge in [-0.3, -0.25) is 4.79 Å². The first kappa shape index (κ1) is 25.2. The quantitative estimate of drug-likeness (QED) is 0.670. The molecule has 190 valence electrons. The van der Waals surface area contributed by atoms with Crippen LogP contribution in [0.3, 0.4) is 0 Å². The first-order valence-electron chi connectivity index (χ1n) is 12.2. The zero-order valence-electron chi connectivity index (χ0n) is 19.9. The molecule has 1 saturated carbocycles. The number of nitrogens with one attached hydrogen (secondary N) is 1. The number of ether oxygens (including phenoxy) is 2. The number of methoxy groups -OCH3 is 1. The maximum atomic E-state index is 13.6. The summed E-state index contributed by atoms with van der Waals surface area (Å²) in [7, 11) is 1.71. The second kappa shape index (κ2) is 10.4. The van der Waals surface area contributed by atoms with Gasteiger partial charge in [0.1, 0.15) is 5.82 Å². The van der Waals surface area contributed by atoms with Crippen molar-refractivity contribution < 1.29 is 27.4 Å². The van der Waals surface area contributed by atoms with Crippen molar-refractivity contribution in [2.75, 3.05) is 51.4 Å². The van der Waals surface area contributed by atoms with Crippen LogP contribution in [0.2, 0.25) is 0 Å². The van der Waals surface area contributed by atoms with E-state index < -0.39 is 11.7 Å². The maximum Gasteiger partial charge on any atom is 0.416 e. The normalized spacial score (nSPS) is 30.6. The van der Waals surface area contributed by atoms with E-state index in [2.05, 4.69) is 17.2 Å². The van der Waals surface area contributed by atoms with Gasteiger partial charge in [-0.25, -0.2) is 4.98 Å². The maximum absolute atomic E-state index is 13.6. The average Bonchev–Trinajstić information content (AvgIpc) is 3.28. The Labute approximate surface area is 199 Å². The van der Waals surface area contributed by atoms with E-state index in [1.54, 1.807) is 7.11 Å². The number of aromatic nitrogens is 1. The third-order valence-corrected chi connectivity index (χ3v) is 7.76. The fourth-order valence-electron chi connectivity index (χ4n) is 5.61. The highest BCUT2D eigenvalue weighted by molar-refractivity contribution is 5.83. The zero-order chi connectivity index (χ0) is 24.3. The number of hydrogen-bond donors (Lipinski definition) is 1. The lowest BCUT2D eigenvalue weighted by atomic mass is 9.81. The smallest absolute Gasteiger partial charge is 0.379 e. The molecule has 0 radical (unpaired) electrons. The van der Waals surface area contributed by atoms with Crippen molar-refractivity contribution >= 4 is 11.7 Å². The van der Waals surface area contributed by atoms with Gasteiger partial charge in [-0.2, -0.15) is 13.2 Å². The Balaban J connectivity index is 1.35. The largest absolute Gasteiger partial charge is 0.416 e. The second-order valence-corrected chi connectivity index (χ2v) is 9.66. The fourth-order valence-corrected chi connectivity index (χ4v) is 5.61. The number of pyridine rings is 1. The van der Waals surface area contributed by atoms with Crippen molar-refractivity contribution in [1.29, 1.82) is 0 Å². The number of halogens is 3. The lowest BCUT2D eigenvalue weighted by Crippen LogP contribution is -2.54. The lowest BCUT2D eigenvalue weighted by molar-refractivity contribution is -0.142. The molecule has 4 rings (SSSR count). The highest BCUT2D eigenvalue weighted by Gasteiger charge is 2.47. The summed E-state index contributed by atoms with van der Waals surface area (Å²) in [5, 5.41) is 3.73. The van der Waals surface area contributed by atoms with Crippen LogP contribution in [-0.2, 0) is 20.4 Å². The third kappa shape index (κ3) is 5.33. The first-order valence-corrected chi connectivity index (χ1v) is 12.2. The predicted molar refractivity (Wildman–Crippen MR) is 122 cm³/mol. The number of rotatable bonds is 6. The van der Waals surface area contributed by atoms with Crippen LogP contribution >= 0.6 is 0 Å². The van der Waals surface area contributed by atoms with Crippen LogP contribution < -0.4 is 10.2 Å². The van der Waals surface area contributed by atoms with E-state index in [4.69, 9.17) is 9.47 Å². The number of carbonyl (C=O) groups excluding carboxylic acids is 1. The van der Waals surface area contributed by atoms with Gasteiger partial charge < -0.3 is 24.6 Å². The van der Waals surface area contributed by atoms with Crippen molar-refractivity contribution in [1.82, 2.24) is 15.2 Å². The van der Waals surface area contributed by atoms with Crippen LogP contribution in [0, 0.1) is 5.41 Å². The highest BCUT2D eigenvalue weighted by Crippen LogP contribution is 2.43. The Hall–Kier alpha value is -1.91. The molecule has 34 heavy (non-hydrogen) atoms. The van der Waals surface area contributed by atoms with Crippen molar-refractivity contribution in [3.05, 3.63) is 23.9 Å². The molecule has 1 amide bonds. The van der Waals surface area contributed by atoms with Gasteiger partial charge in [0.25, 0.3) is 0 Å². The molecule has 0 spiro atoms. The Morgan fingerprint density at radius 3 is 2.74 bits per heavy atom. The Kier molecular flexibility index (Phi) is 7.69. The van der Waals surface area contributed by atoms with Crippen LogP contribution in [0.1, 0.15) is 44.6 Å². The molecular formula is C24H35F3N4O3. The molecule has 0 aromatic carbocycles. The standard InChI is InChI=1S/C24H35F3N4O3/c1-3-23(7-4-18(15-23)29-19-6-13-34-16-20(19)33-2)22(32)31-11-9-30(10-12-31)21-14-17(5-8-28-21)24(25,26)27/h5,8,14,18-20,29H,3-4,6-7,9-13,15-16H2,1-2H3/t18-,19?,20+,23?/m0/s1. The molecule has 1 aromatic rings. The summed E-state index contributed by atoms with van der Waals surface area (Å²) in [4.78, 5) is 21.5. The van der Waals surface area contributed by atoms with Gasteiger partial charge >= 0.3 is 6.18 Å². The molecular weight excluding hydrogens is 449 g/mol. The van der Waals surface area contributed by atoms with Crippen molar-refractivity contribution in [3.8, 4) is 0 Å². The summed E-state index contributed by atoms with van der Waals surface area (Å²) < 4.78 is 50.3. The van der Waals surface area contributed by atoms with Gasteiger partial charge in [0.2, 0.25) is 5.91 Å². The molecule has 2 unspecified atom stereocenters. The van der Waals surface area contributed by atoms with Crippen LogP contribution in [0.4, 0.5) is 19.0 Å². The fraction of sp³-hybridized carbons (Fsp3) is 0.750. The van der Waals surface area contributed by atoms with Crippen molar-refractivity contribution in [2.24, 2.45) is 5.41 Å². The highest BCUT2D eigenvalue weighted by atomic mass is 19.4. The molecule has 1 N–H and O–H groups in total. The third-order valence-electron chi connectivity index (χ3n) is 7.76. The van der Waals surface area contributed by atoms with Crippen molar-refractivity contribution in [2.45, 2.75) is 63.4 Å². The number of piperazine rings is 1. The summed E-state index contributed by atoms with van der Waals surface area (Å²) in [6, 6.07) is 2.56. The summed E-state index contributed by atoms with van der Waals surface area (Å²) in [5.74, 6) is 0.479. The molecule has 7 nitrogen and oxygen atoms in total. The topological polar surface area (TPSA) is 66.9 Å². The van der Waals surface area contributed by atoms with Gasteiger partial charge in [-0.1, -0.05) is 6.92 Å². The molecule has 2 saturated heterocycles. The van der Waals surface area contributed by atoms with Crippen LogP contribution in [0.15, 0.2) is 18.3 Å². The van der Waals surface area contributed by atoms with Crippen LogP contribution in [-0.4, -0.2) is 80.5 Å². The second-order valence-electron chi connectivity index (χ2n) is 9.66. The van der Waals surface area contributed by atoms with Gasteiger partial charge in [0.15, 0.2) is 0 Å². The van der Waals surface area contributed by atoms with Crippen molar-refractivity contribution in [3.63, 3.8) is 0 Å². The SMILES string of the molecule is CCC1(C(=O)N2CCN(c3cc(C(F)(F)F)ccn3)CC2)CC[C@H](NC2CCOC[C@H]2OC)C1. The Bertz CT molecular complexity index is 847. The van der Waals surface area contributed by atoms with E-state index in [-0.39, 0.29) is 29.5 Å². The minimum absolute atomic E-state index is 0.0265. The molecule has 3 fully saturated rings. The van der Waals surface area contributed by atoms with Gasteiger partial charge in [0.05, 0.1) is 23.7 Å². The molecule has 3 heterocycles. The average molecular weight is 485 g/mol. The zero-order valence-corrected chi connectivity index (χ0v) is 19.9. The molecule has 1 aliphatic carbocycles. The lowest BCUT2D eigenvalue weighted by Gasteiger charge is -2.40. The molecule has 10 heteroatoms. The monoisotopic (exact) mass is 484 g/mol. The summed E-state index contributed by atoms with van der Waals surface area (Å²) in [5.41, 5.74) is -1.09. The molecule has 2 aliphatic heterocycles.